The van der Waals surface area contributed by atoms with E-state index in [1.54, 1.807) is 0 Å². The number of benzene rings is 1. The summed E-state index contributed by atoms with van der Waals surface area (Å²) in [5.41, 5.74) is 1.14. The van der Waals surface area contributed by atoms with Gasteiger partial charge in [0.2, 0.25) is 0 Å². The number of rotatable bonds is 5. The Hall–Kier alpha value is 0.0400. The van der Waals surface area contributed by atoms with Crippen molar-refractivity contribution in [3.05, 3.63) is 46.5 Å². The summed E-state index contributed by atoms with van der Waals surface area (Å²) in [6.45, 7) is 7.98. The number of nitrogens with zero attached hydrogens (tertiary/aromatic N) is 1. The van der Waals surface area contributed by atoms with Crippen molar-refractivity contribution in [1.29, 1.82) is 0 Å². The highest BCUT2D eigenvalue weighted by Crippen LogP contribution is 2.33. The zero-order valence-corrected chi connectivity index (χ0v) is 15.0. The minimum absolute atomic E-state index is 0. The SMILES string of the molecule is C=CCC[C@H](c1cc(Cl)ccc1Cl)N1CCNCC1.Cl.Cl. The molecule has 1 fully saturated rings. The van der Waals surface area contributed by atoms with Gasteiger partial charge < -0.3 is 5.32 Å². The van der Waals surface area contributed by atoms with Gasteiger partial charge in [-0.15, -0.1) is 31.4 Å². The van der Waals surface area contributed by atoms with Crippen molar-refractivity contribution in [2.24, 2.45) is 0 Å². The molecular formula is C15H22Cl4N2. The van der Waals surface area contributed by atoms with Gasteiger partial charge >= 0.3 is 0 Å². The van der Waals surface area contributed by atoms with Crippen LogP contribution in [0.3, 0.4) is 0 Å². The van der Waals surface area contributed by atoms with E-state index in [-0.39, 0.29) is 24.8 Å². The molecule has 0 unspecified atom stereocenters. The quantitative estimate of drug-likeness (QED) is 0.751. The van der Waals surface area contributed by atoms with Gasteiger partial charge in [0, 0.05) is 42.3 Å². The lowest BCUT2D eigenvalue weighted by Crippen LogP contribution is -2.45. The Morgan fingerprint density at radius 1 is 1.24 bits per heavy atom. The zero-order chi connectivity index (χ0) is 13.7. The smallest absolute Gasteiger partial charge is 0.0454 e. The maximum atomic E-state index is 6.36. The van der Waals surface area contributed by atoms with Crippen LogP contribution in [0, 0.1) is 0 Å². The van der Waals surface area contributed by atoms with Crippen LogP contribution in [0.25, 0.3) is 0 Å². The summed E-state index contributed by atoms with van der Waals surface area (Å²) < 4.78 is 0. The Labute approximate surface area is 149 Å². The minimum Gasteiger partial charge on any atom is -0.314 e. The molecule has 0 saturated carbocycles. The van der Waals surface area contributed by atoms with E-state index in [1.807, 2.05) is 24.3 Å². The number of piperazine rings is 1. The molecule has 1 aliphatic rings. The number of allylic oxidation sites excluding steroid dienone is 1. The molecule has 0 aromatic heterocycles. The summed E-state index contributed by atoms with van der Waals surface area (Å²) in [6, 6.07) is 6.06. The van der Waals surface area contributed by atoms with Crippen molar-refractivity contribution in [3.8, 4) is 0 Å². The van der Waals surface area contributed by atoms with Crippen LogP contribution < -0.4 is 5.32 Å². The standard InChI is InChI=1S/C15H20Cl2N2.2ClH/c1-2-3-4-15(19-9-7-18-8-10-19)13-11-12(16)5-6-14(13)17;;/h2,5-6,11,15,18H,1,3-4,7-10H2;2*1H/t15-;;/m1../s1. The molecule has 0 aliphatic carbocycles. The van der Waals surface area contributed by atoms with Crippen molar-refractivity contribution in [1.82, 2.24) is 10.2 Å². The summed E-state index contributed by atoms with van der Waals surface area (Å²) in [7, 11) is 0. The Morgan fingerprint density at radius 3 is 2.52 bits per heavy atom. The third kappa shape index (κ3) is 5.97. The van der Waals surface area contributed by atoms with Gasteiger partial charge in [-0.05, 0) is 36.6 Å². The zero-order valence-electron chi connectivity index (χ0n) is 11.9. The lowest BCUT2D eigenvalue weighted by atomic mass is 9.99. The lowest BCUT2D eigenvalue weighted by molar-refractivity contribution is 0.166. The first-order chi connectivity index (χ1) is 9.22. The molecule has 0 spiro atoms. The van der Waals surface area contributed by atoms with Crippen LogP contribution in [-0.2, 0) is 0 Å². The van der Waals surface area contributed by atoms with Crippen molar-refractivity contribution in [3.63, 3.8) is 0 Å². The van der Waals surface area contributed by atoms with E-state index in [0.29, 0.717) is 6.04 Å². The summed E-state index contributed by atoms with van der Waals surface area (Å²) in [4.78, 5) is 2.48. The van der Waals surface area contributed by atoms with Crippen molar-refractivity contribution in [2.75, 3.05) is 26.2 Å². The van der Waals surface area contributed by atoms with E-state index in [2.05, 4.69) is 16.8 Å². The first-order valence-electron chi connectivity index (χ1n) is 6.73. The molecule has 1 N–H and O–H groups in total. The van der Waals surface area contributed by atoms with E-state index in [9.17, 15) is 0 Å². The Bertz CT molecular complexity index is 434. The molecular weight excluding hydrogens is 350 g/mol. The van der Waals surface area contributed by atoms with Gasteiger partial charge in [0.25, 0.3) is 0 Å². The van der Waals surface area contributed by atoms with Gasteiger partial charge in [-0.2, -0.15) is 0 Å². The Balaban J connectivity index is 0.00000200. The number of nitrogens with one attached hydrogen (secondary N) is 1. The third-order valence-electron chi connectivity index (χ3n) is 3.55. The van der Waals surface area contributed by atoms with Gasteiger partial charge in [0.15, 0.2) is 0 Å². The van der Waals surface area contributed by atoms with Crippen LogP contribution >= 0.6 is 48.0 Å². The van der Waals surface area contributed by atoms with Crippen LogP contribution in [0.1, 0.15) is 24.4 Å². The lowest BCUT2D eigenvalue weighted by Gasteiger charge is -2.35. The van der Waals surface area contributed by atoms with E-state index < -0.39 is 0 Å². The highest BCUT2D eigenvalue weighted by atomic mass is 35.5. The molecule has 2 rings (SSSR count). The topological polar surface area (TPSA) is 15.3 Å². The molecule has 21 heavy (non-hydrogen) atoms. The first-order valence-corrected chi connectivity index (χ1v) is 7.48. The van der Waals surface area contributed by atoms with Crippen molar-refractivity contribution in [2.45, 2.75) is 18.9 Å². The molecule has 1 saturated heterocycles. The second-order valence-corrected chi connectivity index (χ2v) is 5.68. The fourth-order valence-electron chi connectivity index (χ4n) is 2.57. The highest BCUT2D eigenvalue weighted by molar-refractivity contribution is 6.33. The maximum Gasteiger partial charge on any atom is 0.0454 e. The molecule has 120 valence electrons. The first kappa shape index (κ1) is 21.0. The van der Waals surface area contributed by atoms with Gasteiger partial charge in [-0.25, -0.2) is 0 Å². The monoisotopic (exact) mass is 370 g/mol. The van der Waals surface area contributed by atoms with Crippen LogP contribution in [0.2, 0.25) is 10.0 Å². The third-order valence-corrected chi connectivity index (χ3v) is 4.13. The van der Waals surface area contributed by atoms with Gasteiger partial charge in [-0.1, -0.05) is 29.3 Å². The molecule has 0 radical (unpaired) electrons. The van der Waals surface area contributed by atoms with E-state index in [1.165, 1.54) is 0 Å². The fourth-order valence-corrected chi connectivity index (χ4v) is 3.00. The van der Waals surface area contributed by atoms with E-state index in [4.69, 9.17) is 23.2 Å². The number of hydrogen-bond donors (Lipinski definition) is 1. The number of hydrogen-bond acceptors (Lipinski definition) is 2. The second kappa shape index (κ2) is 10.7. The highest BCUT2D eigenvalue weighted by Gasteiger charge is 2.23. The molecule has 2 nitrogen and oxygen atoms in total. The van der Waals surface area contributed by atoms with Crippen LogP contribution in [0.5, 0.6) is 0 Å². The summed E-state index contributed by atoms with van der Waals surface area (Å²) in [5.74, 6) is 0. The Morgan fingerprint density at radius 2 is 1.90 bits per heavy atom. The molecule has 1 atom stereocenters. The summed E-state index contributed by atoms with van der Waals surface area (Å²) >= 11 is 12.5. The van der Waals surface area contributed by atoms with Crippen LogP contribution in [0.4, 0.5) is 0 Å². The summed E-state index contributed by atoms with van der Waals surface area (Å²) in [5, 5.41) is 4.93. The number of halogens is 4. The Kier molecular flexibility index (Phi) is 10.7. The predicted molar refractivity (Wildman–Crippen MR) is 97.6 cm³/mol. The second-order valence-electron chi connectivity index (χ2n) is 4.83. The van der Waals surface area contributed by atoms with Crippen molar-refractivity contribution >= 4 is 48.0 Å². The fraction of sp³-hybridized carbons (Fsp3) is 0.467. The molecule has 6 heteroatoms. The maximum absolute atomic E-state index is 6.36. The van der Waals surface area contributed by atoms with Crippen LogP contribution in [0.15, 0.2) is 30.9 Å². The van der Waals surface area contributed by atoms with Gasteiger partial charge in [0.05, 0.1) is 0 Å². The normalized spacial score (nSPS) is 16.5. The van der Waals surface area contributed by atoms with Crippen molar-refractivity contribution < 1.29 is 0 Å². The molecule has 0 bridgehead atoms. The van der Waals surface area contributed by atoms with Gasteiger partial charge in [0.1, 0.15) is 0 Å². The molecule has 1 heterocycles. The van der Waals surface area contributed by atoms with Gasteiger partial charge in [-0.3, -0.25) is 4.90 Å². The van der Waals surface area contributed by atoms with Crippen LogP contribution in [-0.4, -0.2) is 31.1 Å². The minimum atomic E-state index is 0. The average Bonchev–Trinajstić information content (AvgIpc) is 2.44. The molecule has 1 aromatic carbocycles. The predicted octanol–water partition coefficient (Wildman–Crippen LogP) is 4.75. The average molecular weight is 372 g/mol. The van der Waals surface area contributed by atoms with E-state index >= 15 is 0 Å². The molecule has 1 aliphatic heterocycles. The summed E-state index contributed by atoms with van der Waals surface area (Å²) in [6.07, 6.45) is 3.98. The van der Waals surface area contributed by atoms with E-state index in [0.717, 1.165) is 54.6 Å². The molecule has 1 aromatic rings. The molecule has 0 amide bonds. The largest absolute Gasteiger partial charge is 0.314 e.